The van der Waals surface area contributed by atoms with Crippen LogP contribution in [0.2, 0.25) is 0 Å². The topological polar surface area (TPSA) is 59.1 Å². The van der Waals surface area contributed by atoms with Gasteiger partial charge in [0, 0.05) is 0 Å². The second-order valence-electron chi connectivity index (χ2n) is 4.15. The van der Waals surface area contributed by atoms with Gasteiger partial charge >= 0.3 is 5.97 Å². The lowest BCUT2D eigenvalue weighted by molar-refractivity contribution is -0.146. The lowest BCUT2D eigenvalue weighted by Gasteiger charge is -2.24. The van der Waals surface area contributed by atoms with Gasteiger partial charge in [0.1, 0.15) is 6.10 Å². The summed E-state index contributed by atoms with van der Waals surface area (Å²) in [7, 11) is 1.43. The quantitative estimate of drug-likeness (QED) is 0.520. The first-order valence-corrected chi connectivity index (χ1v) is 5.08. The Morgan fingerprint density at radius 2 is 2.21 bits per heavy atom. The first-order chi connectivity index (χ1) is 6.72. The molecule has 1 saturated heterocycles. The Hall–Kier alpha value is -0.610. The van der Waals surface area contributed by atoms with Crippen LogP contribution in [0, 0.1) is 5.92 Å². The maximum atomic E-state index is 11.2. The summed E-state index contributed by atoms with van der Waals surface area (Å²) in [5.41, 5.74) is -0.0979. The molecular formula is C10H16O4. The number of rotatable bonds is 2. The summed E-state index contributed by atoms with van der Waals surface area (Å²) in [6.07, 6.45) is 3.41. The fourth-order valence-electron chi connectivity index (χ4n) is 2.40. The zero-order chi connectivity index (χ0) is 10.2. The summed E-state index contributed by atoms with van der Waals surface area (Å²) in [4.78, 5) is 11.2. The number of epoxide rings is 1. The maximum absolute atomic E-state index is 11.2. The smallest absolute Gasteiger partial charge is 0.308 e. The van der Waals surface area contributed by atoms with E-state index in [1.165, 1.54) is 7.11 Å². The number of aliphatic hydroxyl groups is 1. The number of hydrogen-bond donors (Lipinski definition) is 1. The van der Waals surface area contributed by atoms with E-state index in [1.807, 2.05) is 0 Å². The average molecular weight is 200 g/mol. The second-order valence-corrected chi connectivity index (χ2v) is 4.15. The molecule has 4 heteroatoms. The zero-order valence-electron chi connectivity index (χ0n) is 8.36. The first kappa shape index (κ1) is 9.93. The van der Waals surface area contributed by atoms with E-state index in [4.69, 9.17) is 14.6 Å². The summed E-state index contributed by atoms with van der Waals surface area (Å²) in [5, 5.41) is 8.93. The molecule has 0 unspecified atom stereocenters. The molecule has 1 aliphatic heterocycles. The number of ether oxygens (including phenoxy) is 2. The van der Waals surface area contributed by atoms with Crippen LogP contribution in [0.3, 0.4) is 0 Å². The number of carbonyl (C=O) groups excluding carboxylic acids is 1. The molecule has 2 aliphatic rings. The summed E-state index contributed by atoms with van der Waals surface area (Å²) >= 11 is 0. The number of esters is 1. The van der Waals surface area contributed by atoms with Gasteiger partial charge in [-0.25, -0.2) is 0 Å². The Kier molecular flexibility index (Phi) is 2.49. The van der Waals surface area contributed by atoms with Gasteiger partial charge in [-0.3, -0.25) is 4.79 Å². The van der Waals surface area contributed by atoms with Crippen molar-refractivity contribution >= 4 is 5.97 Å². The minimum Gasteiger partial charge on any atom is -0.469 e. The van der Waals surface area contributed by atoms with E-state index in [2.05, 4.69) is 0 Å². The van der Waals surface area contributed by atoms with Crippen LogP contribution in [-0.4, -0.2) is 36.5 Å². The van der Waals surface area contributed by atoms with Gasteiger partial charge in [0.05, 0.1) is 25.2 Å². The molecule has 0 aromatic heterocycles. The molecule has 0 aromatic carbocycles. The molecule has 1 spiro atoms. The Labute approximate surface area is 83.2 Å². The molecule has 1 saturated carbocycles. The zero-order valence-corrected chi connectivity index (χ0v) is 8.36. The Morgan fingerprint density at radius 1 is 1.57 bits per heavy atom. The fourth-order valence-corrected chi connectivity index (χ4v) is 2.40. The molecule has 14 heavy (non-hydrogen) atoms. The highest BCUT2D eigenvalue weighted by Crippen LogP contribution is 2.49. The number of carbonyl (C=O) groups is 1. The number of methoxy groups -OCH3 is 1. The fraction of sp³-hybridized carbons (Fsp3) is 0.900. The van der Waals surface area contributed by atoms with Crippen molar-refractivity contribution in [2.24, 2.45) is 5.92 Å². The van der Waals surface area contributed by atoms with Crippen molar-refractivity contribution in [3.63, 3.8) is 0 Å². The molecule has 1 heterocycles. The predicted molar refractivity (Wildman–Crippen MR) is 48.7 cm³/mol. The summed E-state index contributed by atoms with van der Waals surface area (Å²) in [6.45, 7) is 0.100. The standard InChI is InChI=1S/C10H16O4/c1-13-9(12)7-2-4-10(5-3-7)8(6-11)14-10/h7-8,11H,2-6H2,1H3/t7?,8-,10?/m0/s1. The van der Waals surface area contributed by atoms with Crippen LogP contribution in [-0.2, 0) is 14.3 Å². The SMILES string of the molecule is COC(=O)C1CCC2(CC1)O[C@H]2CO. The van der Waals surface area contributed by atoms with Gasteiger partial charge in [0.25, 0.3) is 0 Å². The second kappa shape index (κ2) is 3.51. The molecule has 4 nitrogen and oxygen atoms in total. The monoisotopic (exact) mass is 200 g/mol. The third-order valence-corrected chi connectivity index (χ3v) is 3.44. The molecule has 0 aromatic rings. The highest BCUT2D eigenvalue weighted by Gasteiger charge is 2.57. The minimum absolute atomic E-state index is 0.0149. The summed E-state index contributed by atoms with van der Waals surface area (Å²) in [6, 6.07) is 0. The predicted octanol–water partition coefficient (Wildman–Crippen LogP) is 0.479. The van der Waals surface area contributed by atoms with E-state index in [9.17, 15) is 4.79 Å². The Bertz CT molecular complexity index is 230. The molecule has 0 amide bonds. The Balaban J connectivity index is 1.84. The van der Waals surface area contributed by atoms with Crippen molar-refractivity contribution < 1.29 is 19.4 Å². The molecule has 1 aliphatic carbocycles. The highest BCUT2D eigenvalue weighted by molar-refractivity contribution is 5.72. The van der Waals surface area contributed by atoms with Crippen LogP contribution in [0.1, 0.15) is 25.7 Å². The van der Waals surface area contributed by atoms with Crippen LogP contribution >= 0.6 is 0 Å². The average Bonchev–Trinajstić information content (AvgIpc) is 2.91. The van der Waals surface area contributed by atoms with Crippen molar-refractivity contribution in [1.82, 2.24) is 0 Å². The van der Waals surface area contributed by atoms with E-state index >= 15 is 0 Å². The third-order valence-electron chi connectivity index (χ3n) is 3.44. The van der Waals surface area contributed by atoms with E-state index in [0.29, 0.717) is 0 Å². The molecule has 2 rings (SSSR count). The van der Waals surface area contributed by atoms with Crippen molar-refractivity contribution in [1.29, 1.82) is 0 Å². The van der Waals surface area contributed by atoms with Crippen molar-refractivity contribution in [2.45, 2.75) is 37.4 Å². The lowest BCUT2D eigenvalue weighted by Crippen LogP contribution is -2.29. The summed E-state index contributed by atoms with van der Waals surface area (Å²) in [5.74, 6) is -0.0739. The van der Waals surface area contributed by atoms with Gasteiger partial charge in [-0.1, -0.05) is 0 Å². The van der Waals surface area contributed by atoms with E-state index < -0.39 is 0 Å². The van der Waals surface area contributed by atoms with Crippen LogP contribution in [0.4, 0.5) is 0 Å². The van der Waals surface area contributed by atoms with Crippen LogP contribution in [0.15, 0.2) is 0 Å². The number of aliphatic hydroxyl groups excluding tert-OH is 1. The van der Waals surface area contributed by atoms with Crippen LogP contribution < -0.4 is 0 Å². The van der Waals surface area contributed by atoms with E-state index in [1.54, 1.807) is 0 Å². The summed E-state index contributed by atoms with van der Waals surface area (Å²) < 4.78 is 10.2. The molecule has 80 valence electrons. The molecule has 2 fully saturated rings. The van der Waals surface area contributed by atoms with E-state index in [0.717, 1.165) is 25.7 Å². The first-order valence-electron chi connectivity index (χ1n) is 5.08. The van der Waals surface area contributed by atoms with Gasteiger partial charge in [-0.2, -0.15) is 0 Å². The lowest BCUT2D eigenvalue weighted by atomic mass is 9.80. The molecule has 0 radical (unpaired) electrons. The van der Waals surface area contributed by atoms with Crippen molar-refractivity contribution in [2.75, 3.05) is 13.7 Å². The van der Waals surface area contributed by atoms with Gasteiger partial charge in [-0.15, -0.1) is 0 Å². The van der Waals surface area contributed by atoms with Gasteiger partial charge in [-0.05, 0) is 25.7 Å². The van der Waals surface area contributed by atoms with Crippen LogP contribution in [0.25, 0.3) is 0 Å². The highest BCUT2D eigenvalue weighted by atomic mass is 16.6. The molecule has 1 atom stereocenters. The largest absolute Gasteiger partial charge is 0.469 e. The number of hydrogen-bond acceptors (Lipinski definition) is 4. The molecular weight excluding hydrogens is 184 g/mol. The molecule has 0 bridgehead atoms. The van der Waals surface area contributed by atoms with Gasteiger partial charge < -0.3 is 14.6 Å². The van der Waals surface area contributed by atoms with Gasteiger partial charge in [0.15, 0.2) is 0 Å². The van der Waals surface area contributed by atoms with Crippen LogP contribution in [0.5, 0.6) is 0 Å². The maximum Gasteiger partial charge on any atom is 0.308 e. The van der Waals surface area contributed by atoms with Gasteiger partial charge in [0.2, 0.25) is 0 Å². The molecule has 1 N–H and O–H groups in total. The minimum atomic E-state index is -0.110. The van der Waals surface area contributed by atoms with Crippen molar-refractivity contribution in [3.8, 4) is 0 Å². The van der Waals surface area contributed by atoms with Crippen molar-refractivity contribution in [3.05, 3.63) is 0 Å². The van der Waals surface area contributed by atoms with E-state index in [-0.39, 0.29) is 30.2 Å². The Morgan fingerprint density at radius 3 is 2.64 bits per heavy atom. The third kappa shape index (κ3) is 1.53. The normalized spacial score (nSPS) is 41.0.